The molecule has 8 nitrogen and oxygen atoms in total. The number of rotatable bonds is 13. The van der Waals surface area contributed by atoms with Gasteiger partial charge in [-0.2, -0.15) is 0 Å². The van der Waals surface area contributed by atoms with Gasteiger partial charge < -0.3 is 15.0 Å². The van der Waals surface area contributed by atoms with Gasteiger partial charge in [0.2, 0.25) is 11.8 Å². The number of sulfonamides is 1. The molecule has 1 unspecified atom stereocenters. The van der Waals surface area contributed by atoms with Crippen molar-refractivity contribution in [2.24, 2.45) is 0 Å². The van der Waals surface area contributed by atoms with Crippen molar-refractivity contribution >= 4 is 55.1 Å². The molecule has 1 fully saturated rings. The van der Waals surface area contributed by atoms with Crippen molar-refractivity contribution in [1.82, 2.24) is 10.2 Å². The second kappa shape index (κ2) is 15.8. The zero-order valence-electron chi connectivity index (χ0n) is 25.0. The Balaban J connectivity index is 1.71. The minimum Gasteiger partial charge on any atom is -0.494 e. The average Bonchev–Trinajstić information content (AvgIpc) is 3.02. The monoisotopic (exact) mass is 703 g/mol. The lowest BCUT2D eigenvalue weighted by Crippen LogP contribution is -2.54. The lowest BCUT2D eigenvalue weighted by atomic mass is 9.95. The third-order valence-corrected chi connectivity index (χ3v) is 10.4. The third kappa shape index (κ3) is 8.55. The molecule has 0 aliphatic heterocycles. The van der Waals surface area contributed by atoms with Gasteiger partial charge in [-0.3, -0.25) is 13.9 Å². The Morgan fingerprint density at radius 3 is 2.25 bits per heavy atom. The van der Waals surface area contributed by atoms with Gasteiger partial charge >= 0.3 is 0 Å². The fourth-order valence-corrected chi connectivity index (χ4v) is 7.29. The molecule has 4 rings (SSSR count). The Morgan fingerprint density at radius 1 is 0.977 bits per heavy atom. The summed E-state index contributed by atoms with van der Waals surface area (Å²) in [4.78, 5) is 29.5. The highest BCUT2D eigenvalue weighted by Crippen LogP contribution is 2.28. The van der Waals surface area contributed by atoms with E-state index in [9.17, 15) is 18.0 Å². The molecule has 0 saturated heterocycles. The summed E-state index contributed by atoms with van der Waals surface area (Å²) in [5.74, 6) is -0.192. The summed E-state index contributed by atoms with van der Waals surface area (Å²) in [6.07, 6.45) is 5.39. The summed E-state index contributed by atoms with van der Waals surface area (Å²) in [5, 5.41) is 3.61. The first-order valence-corrected chi connectivity index (χ1v) is 17.6. The SMILES string of the molecule is CCOc1ccc(N(CC(=O)N(Cc2ccccc2Cl)C(CC)C(=O)NC2CCCCC2)S(=O)(=O)c2ccc(Br)cc2)cc1. The van der Waals surface area contributed by atoms with E-state index < -0.39 is 28.5 Å². The molecule has 0 bridgehead atoms. The van der Waals surface area contributed by atoms with Crippen LogP contribution in [0.2, 0.25) is 5.02 Å². The fraction of sp³-hybridized carbons (Fsp3) is 0.394. The Kier molecular flexibility index (Phi) is 12.1. The molecule has 0 heterocycles. The Bertz CT molecular complexity index is 1510. The zero-order chi connectivity index (χ0) is 31.7. The van der Waals surface area contributed by atoms with Crippen LogP contribution in [0.1, 0.15) is 57.9 Å². The first-order chi connectivity index (χ1) is 21.1. The normalized spacial score (nSPS) is 14.5. The van der Waals surface area contributed by atoms with Gasteiger partial charge in [-0.15, -0.1) is 0 Å². The smallest absolute Gasteiger partial charge is 0.264 e. The van der Waals surface area contributed by atoms with E-state index in [0.717, 1.165) is 40.9 Å². The van der Waals surface area contributed by atoms with Gasteiger partial charge in [-0.25, -0.2) is 8.42 Å². The van der Waals surface area contributed by atoms with Gasteiger partial charge in [-0.05, 0) is 86.3 Å². The maximum absolute atomic E-state index is 14.3. The number of benzene rings is 3. The van der Waals surface area contributed by atoms with Crippen LogP contribution < -0.4 is 14.4 Å². The van der Waals surface area contributed by atoms with Crippen molar-refractivity contribution < 1.29 is 22.7 Å². The second-order valence-corrected chi connectivity index (χ2v) is 14.0. The summed E-state index contributed by atoms with van der Waals surface area (Å²) in [6.45, 7) is 3.69. The van der Waals surface area contributed by atoms with E-state index in [-0.39, 0.29) is 23.4 Å². The van der Waals surface area contributed by atoms with E-state index in [1.54, 1.807) is 54.6 Å². The van der Waals surface area contributed by atoms with Crippen LogP contribution in [0, 0.1) is 0 Å². The number of carbonyl (C=O) groups excluding carboxylic acids is 2. The quantitative estimate of drug-likeness (QED) is 0.208. The van der Waals surface area contributed by atoms with Crippen molar-refractivity contribution in [2.75, 3.05) is 17.5 Å². The standard InChI is InChI=1S/C33H39BrClN3O5S/c1-3-31(33(40)36-26-11-6-5-7-12-26)37(22-24-10-8-9-13-30(24)35)32(39)23-38(27-16-18-28(19-17-27)43-4-2)44(41,42)29-20-14-25(34)15-21-29/h8-10,13-21,26,31H,3-7,11-12,22-23H2,1-2H3,(H,36,40). The van der Waals surface area contributed by atoms with Gasteiger partial charge in [0.05, 0.1) is 17.2 Å². The van der Waals surface area contributed by atoms with Crippen molar-refractivity contribution in [3.8, 4) is 5.75 Å². The maximum atomic E-state index is 14.3. The largest absolute Gasteiger partial charge is 0.494 e. The second-order valence-electron chi connectivity index (χ2n) is 10.8. The van der Waals surface area contributed by atoms with Crippen LogP contribution in [0.3, 0.4) is 0 Å². The molecule has 1 N–H and O–H groups in total. The molecule has 236 valence electrons. The van der Waals surface area contributed by atoms with Gasteiger partial charge in [0, 0.05) is 22.1 Å². The molecule has 11 heteroatoms. The van der Waals surface area contributed by atoms with Gasteiger partial charge in [0.15, 0.2) is 0 Å². The lowest BCUT2D eigenvalue weighted by molar-refractivity contribution is -0.140. The minimum absolute atomic E-state index is 0.0297. The van der Waals surface area contributed by atoms with Crippen LogP contribution in [-0.2, 0) is 26.2 Å². The summed E-state index contributed by atoms with van der Waals surface area (Å²) in [7, 11) is -4.18. The molecule has 1 aliphatic carbocycles. The number of carbonyl (C=O) groups is 2. The van der Waals surface area contributed by atoms with Crippen LogP contribution in [-0.4, -0.2) is 50.4 Å². The van der Waals surface area contributed by atoms with E-state index in [1.807, 2.05) is 19.9 Å². The van der Waals surface area contributed by atoms with Gasteiger partial charge in [-0.1, -0.05) is 71.9 Å². The first kappa shape index (κ1) is 33.8. The average molecular weight is 705 g/mol. The molecular formula is C33H39BrClN3O5S. The Hall–Kier alpha value is -3.08. The highest BCUT2D eigenvalue weighted by atomic mass is 79.9. The summed E-state index contributed by atoms with van der Waals surface area (Å²) >= 11 is 9.86. The van der Waals surface area contributed by atoms with Crippen LogP contribution in [0.5, 0.6) is 5.75 Å². The van der Waals surface area contributed by atoms with E-state index in [1.165, 1.54) is 17.0 Å². The molecule has 3 aromatic carbocycles. The third-order valence-electron chi connectivity index (χ3n) is 7.75. The van der Waals surface area contributed by atoms with Crippen LogP contribution in [0.15, 0.2) is 82.2 Å². The van der Waals surface area contributed by atoms with Gasteiger partial charge in [0.1, 0.15) is 18.3 Å². The number of anilines is 1. The highest BCUT2D eigenvalue weighted by Gasteiger charge is 2.34. The molecule has 1 atom stereocenters. The predicted molar refractivity (Wildman–Crippen MR) is 177 cm³/mol. The Labute approximate surface area is 273 Å². The summed E-state index contributed by atoms with van der Waals surface area (Å²) in [5.41, 5.74) is 0.955. The van der Waals surface area contributed by atoms with E-state index in [4.69, 9.17) is 16.3 Å². The minimum atomic E-state index is -4.18. The van der Waals surface area contributed by atoms with E-state index >= 15 is 0 Å². The molecule has 3 aromatic rings. The maximum Gasteiger partial charge on any atom is 0.264 e. The van der Waals surface area contributed by atoms with Crippen LogP contribution in [0.25, 0.3) is 0 Å². The van der Waals surface area contributed by atoms with Crippen LogP contribution >= 0.6 is 27.5 Å². The zero-order valence-corrected chi connectivity index (χ0v) is 28.2. The van der Waals surface area contributed by atoms with E-state index in [0.29, 0.717) is 35.1 Å². The summed E-state index contributed by atoms with van der Waals surface area (Å²) < 4.78 is 35.5. The molecule has 0 radical (unpaired) electrons. The molecule has 44 heavy (non-hydrogen) atoms. The Morgan fingerprint density at radius 2 is 1.64 bits per heavy atom. The first-order valence-electron chi connectivity index (χ1n) is 15.0. The van der Waals surface area contributed by atoms with Crippen molar-refractivity contribution in [1.29, 1.82) is 0 Å². The summed E-state index contributed by atoms with van der Waals surface area (Å²) in [6, 6.07) is 19.2. The number of ether oxygens (including phenoxy) is 1. The van der Waals surface area contributed by atoms with Gasteiger partial charge in [0.25, 0.3) is 10.0 Å². The number of nitrogens with zero attached hydrogens (tertiary/aromatic N) is 2. The lowest BCUT2D eigenvalue weighted by Gasteiger charge is -2.34. The molecular weight excluding hydrogens is 666 g/mol. The van der Waals surface area contributed by atoms with Crippen LogP contribution in [0.4, 0.5) is 5.69 Å². The number of hydrogen-bond donors (Lipinski definition) is 1. The predicted octanol–water partition coefficient (Wildman–Crippen LogP) is 6.95. The number of hydrogen-bond acceptors (Lipinski definition) is 5. The van der Waals surface area contributed by atoms with Crippen molar-refractivity contribution in [3.63, 3.8) is 0 Å². The number of nitrogens with one attached hydrogen (secondary N) is 1. The van der Waals surface area contributed by atoms with E-state index in [2.05, 4.69) is 21.2 Å². The molecule has 0 spiro atoms. The number of amides is 2. The highest BCUT2D eigenvalue weighted by molar-refractivity contribution is 9.10. The van der Waals surface area contributed by atoms with Crippen molar-refractivity contribution in [2.45, 2.75) is 75.9 Å². The molecule has 2 amide bonds. The fourth-order valence-electron chi connectivity index (χ4n) is 5.41. The molecule has 1 aliphatic rings. The molecule has 0 aromatic heterocycles. The number of halogens is 2. The van der Waals surface area contributed by atoms with Crippen molar-refractivity contribution in [3.05, 3.63) is 87.9 Å². The molecule has 1 saturated carbocycles. The topological polar surface area (TPSA) is 96.0 Å².